The monoisotopic (exact) mass is 468 g/mol. The van der Waals surface area contributed by atoms with Gasteiger partial charge in [0.15, 0.2) is 16.7 Å². The van der Waals surface area contributed by atoms with E-state index < -0.39 is 0 Å². The normalized spacial score (nSPS) is 20.7. The molecule has 1 saturated heterocycles. The number of hydrogen-bond acceptors (Lipinski definition) is 6. The minimum atomic E-state index is 0.0813. The first kappa shape index (κ1) is 22.3. The van der Waals surface area contributed by atoms with Gasteiger partial charge in [0.2, 0.25) is 5.91 Å². The summed E-state index contributed by atoms with van der Waals surface area (Å²) in [5, 5.41) is 9.81. The van der Waals surface area contributed by atoms with Crippen molar-refractivity contribution in [2.45, 2.75) is 68.6 Å². The fourth-order valence-corrected chi connectivity index (χ4v) is 6.10. The number of nitrogens with zero attached hydrogens (tertiary/aromatic N) is 4. The van der Waals surface area contributed by atoms with Crippen molar-refractivity contribution in [1.82, 2.24) is 19.7 Å². The lowest BCUT2D eigenvalue weighted by atomic mass is 9.89. The molecule has 0 bridgehead atoms. The van der Waals surface area contributed by atoms with Crippen LogP contribution >= 0.6 is 11.8 Å². The number of amides is 1. The van der Waals surface area contributed by atoms with Crippen molar-refractivity contribution in [3.05, 3.63) is 42.2 Å². The number of likely N-dealkylation sites (tertiary alicyclic amines) is 1. The summed E-state index contributed by atoms with van der Waals surface area (Å²) in [6, 6.07) is 6.14. The smallest absolute Gasteiger partial charge is 0.233 e. The van der Waals surface area contributed by atoms with Gasteiger partial charge in [-0.25, -0.2) is 0 Å². The molecule has 1 aromatic carbocycles. The Kier molecular flexibility index (Phi) is 6.90. The van der Waals surface area contributed by atoms with Crippen LogP contribution in [0.4, 0.5) is 0 Å². The first-order valence-corrected chi connectivity index (χ1v) is 13.1. The summed E-state index contributed by atoms with van der Waals surface area (Å²) in [6.07, 6.45) is 10.0. The molecule has 1 atom stereocenters. The lowest BCUT2D eigenvalue weighted by molar-refractivity contribution is -0.129. The highest BCUT2D eigenvalue weighted by atomic mass is 32.2. The van der Waals surface area contributed by atoms with Gasteiger partial charge in [-0.15, -0.1) is 16.8 Å². The number of carbonyl (C=O) groups is 1. The molecule has 1 unspecified atom stereocenters. The summed E-state index contributed by atoms with van der Waals surface area (Å²) in [7, 11) is 0. The summed E-state index contributed by atoms with van der Waals surface area (Å²) < 4.78 is 13.6. The largest absolute Gasteiger partial charge is 0.486 e. The Morgan fingerprint density at radius 3 is 2.73 bits per heavy atom. The van der Waals surface area contributed by atoms with Crippen LogP contribution in [0.5, 0.6) is 11.5 Å². The molecule has 7 nitrogen and oxygen atoms in total. The minimum absolute atomic E-state index is 0.0813. The van der Waals surface area contributed by atoms with E-state index in [2.05, 4.69) is 27.4 Å². The van der Waals surface area contributed by atoms with E-state index in [1.807, 2.05) is 23.1 Å². The Labute approximate surface area is 199 Å². The SMILES string of the molecule is C=CCn1c(SCC(=O)N2CCCC2c2ccc3c(c2)OCCO3)nnc1C1CCCCC1. The second kappa shape index (κ2) is 10.2. The zero-order valence-electron chi connectivity index (χ0n) is 19.1. The van der Waals surface area contributed by atoms with E-state index in [9.17, 15) is 4.79 Å². The molecule has 2 aromatic rings. The second-order valence-electron chi connectivity index (χ2n) is 9.01. The maximum Gasteiger partial charge on any atom is 0.233 e. The average Bonchev–Trinajstić information content (AvgIpc) is 3.51. The average molecular weight is 469 g/mol. The molecule has 3 heterocycles. The van der Waals surface area contributed by atoms with Crippen molar-refractivity contribution in [2.24, 2.45) is 0 Å². The van der Waals surface area contributed by atoms with Crippen LogP contribution in [0.3, 0.4) is 0 Å². The summed E-state index contributed by atoms with van der Waals surface area (Å²) in [5.41, 5.74) is 1.12. The van der Waals surface area contributed by atoms with Gasteiger partial charge in [-0.05, 0) is 43.4 Å². The Balaban J connectivity index is 1.27. The fraction of sp³-hybridized carbons (Fsp3) is 0.560. The Morgan fingerprint density at radius 1 is 1.09 bits per heavy atom. The number of allylic oxidation sites excluding steroid dienone is 1. The van der Waals surface area contributed by atoms with Gasteiger partial charge in [0, 0.05) is 19.0 Å². The van der Waals surface area contributed by atoms with Crippen LogP contribution in [0.15, 0.2) is 36.0 Å². The molecule has 3 aliphatic rings. The lowest BCUT2D eigenvalue weighted by Gasteiger charge is -2.26. The molecular weight excluding hydrogens is 436 g/mol. The lowest BCUT2D eigenvalue weighted by Crippen LogP contribution is -2.32. The molecule has 1 amide bonds. The van der Waals surface area contributed by atoms with Crippen LogP contribution < -0.4 is 9.47 Å². The van der Waals surface area contributed by atoms with E-state index in [-0.39, 0.29) is 11.9 Å². The maximum absolute atomic E-state index is 13.2. The standard InChI is InChI=1S/C25H32N4O3S/c1-2-12-29-24(18-7-4-3-5-8-18)26-27-25(29)33-17-23(30)28-13-6-9-20(28)19-10-11-21-22(16-19)32-15-14-31-21/h2,10-11,16,18,20H,1,3-9,12-15,17H2. The molecule has 176 valence electrons. The number of ether oxygens (including phenoxy) is 2. The van der Waals surface area contributed by atoms with Gasteiger partial charge < -0.3 is 18.9 Å². The van der Waals surface area contributed by atoms with Crippen molar-refractivity contribution in [1.29, 1.82) is 0 Å². The van der Waals surface area contributed by atoms with Crippen molar-refractivity contribution < 1.29 is 14.3 Å². The third kappa shape index (κ3) is 4.76. The molecular formula is C25H32N4O3S. The summed E-state index contributed by atoms with van der Waals surface area (Å²) in [6.45, 7) is 6.52. The number of fused-ring (bicyclic) bond motifs is 1. The highest BCUT2D eigenvalue weighted by Gasteiger charge is 2.31. The van der Waals surface area contributed by atoms with E-state index >= 15 is 0 Å². The molecule has 1 aliphatic carbocycles. The quantitative estimate of drug-likeness (QED) is 0.432. The third-order valence-electron chi connectivity index (χ3n) is 6.88. The maximum atomic E-state index is 13.2. The molecule has 2 fully saturated rings. The molecule has 1 aromatic heterocycles. The number of rotatable bonds is 7. The van der Waals surface area contributed by atoms with Gasteiger partial charge in [-0.2, -0.15) is 0 Å². The van der Waals surface area contributed by atoms with Gasteiger partial charge in [-0.3, -0.25) is 4.79 Å². The molecule has 0 radical (unpaired) electrons. The predicted octanol–water partition coefficient (Wildman–Crippen LogP) is 4.74. The van der Waals surface area contributed by atoms with Crippen molar-refractivity contribution in [2.75, 3.05) is 25.5 Å². The topological polar surface area (TPSA) is 69.5 Å². The molecule has 2 aliphatic heterocycles. The zero-order chi connectivity index (χ0) is 22.6. The summed E-state index contributed by atoms with van der Waals surface area (Å²) in [4.78, 5) is 15.2. The van der Waals surface area contributed by atoms with Gasteiger partial charge in [0.25, 0.3) is 0 Å². The number of aromatic nitrogens is 3. The van der Waals surface area contributed by atoms with Crippen LogP contribution in [-0.4, -0.2) is 51.1 Å². The molecule has 1 saturated carbocycles. The number of carbonyl (C=O) groups excluding carboxylic acids is 1. The number of benzene rings is 1. The van der Waals surface area contributed by atoms with Gasteiger partial charge >= 0.3 is 0 Å². The van der Waals surface area contributed by atoms with Crippen molar-refractivity contribution in [3.8, 4) is 11.5 Å². The molecule has 0 spiro atoms. The molecule has 8 heteroatoms. The van der Waals surface area contributed by atoms with E-state index in [1.165, 1.54) is 43.9 Å². The van der Waals surface area contributed by atoms with E-state index in [0.717, 1.165) is 47.4 Å². The molecule has 33 heavy (non-hydrogen) atoms. The summed E-state index contributed by atoms with van der Waals surface area (Å²) in [5.74, 6) is 3.59. The van der Waals surface area contributed by atoms with Crippen LogP contribution in [0.25, 0.3) is 0 Å². The van der Waals surface area contributed by atoms with Crippen molar-refractivity contribution in [3.63, 3.8) is 0 Å². The summed E-state index contributed by atoms with van der Waals surface area (Å²) >= 11 is 1.49. The highest BCUT2D eigenvalue weighted by Crippen LogP contribution is 2.39. The van der Waals surface area contributed by atoms with Crippen LogP contribution in [0, 0.1) is 0 Å². The van der Waals surface area contributed by atoms with Crippen LogP contribution in [0.2, 0.25) is 0 Å². The highest BCUT2D eigenvalue weighted by molar-refractivity contribution is 7.99. The minimum Gasteiger partial charge on any atom is -0.486 e. The first-order valence-electron chi connectivity index (χ1n) is 12.1. The first-order chi connectivity index (χ1) is 16.2. The zero-order valence-corrected chi connectivity index (χ0v) is 19.9. The third-order valence-corrected chi connectivity index (χ3v) is 7.83. The fourth-order valence-electron chi connectivity index (χ4n) is 5.26. The molecule has 5 rings (SSSR count). The molecule has 0 N–H and O–H groups in total. The van der Waals surface area contributed by atoms with Crippen molar-refractivity contribution >= 4 is 17.7 Å². The second-order valence-corrected chi connectivity index (χ2v) is 9.95. The van der Waals surface area contributed by atoms with Gasteiger partial charge in [0.05, 0.1) is 11.8 Å². The number of thioether (sulfide) groups is 1. The van der Waals surface area contributed by atoms with E-state index in [0.29, 0.717) is 31.4 Å². The van der Waals surface area contributed by atoms with E-state index in [1.54, 1.807) is 0 Å². The number of hydrogen-bond donors (Lipinski definition) is 0. The van der Waals surface area contributed by atoms with Crippen LogP contribution in [-0.2, 0) is 11.3 Å². The van der Waals surface area contributed by atoms with Crippen LogP contribution in [0.1, 0.15) is 68.3 Å². The Hall–Kier alpha value is -2.48. The van der Waals surface area contributed by atoms with Gasteiger partial charge in [0.1, 0.15) is 19.0 Å². The predicted molar refractivity (Wildman–Crippen MR) is 128 cm³/mol. The van der Waals surface area contributed by atoms with Gasteiger partial charge in [-0.1, -0.05) is 43.2 Å². The van der Waals surface area contributed by atoms with E-state index in [4.69, 9.17) is 9.47 Å². The Morgan fingerprint density at radius 2 is 1.91 bits per heavy atom. The Bertz CT molecular complexity index is 1000.